The van der Waals surface area contributed by atoms with Crippen molar-refractivity contribution in [3.05, 3.63) is 29.8 Å². The second-order valence-electron chi connectivity index (χ2n) is 7.94. The number of nitrogens with one attached hydrogen (secondary N) is 1. The molecule has 0 aromatic heterocycles. The van der Waals surface area contributed by atoms with Gasteiger partial charge in [0.15, 0.2) is 0 Å². The van der Waals surface area contributed by atoms with Crippen LogP contribution in [0.4, 0.5) is 0 Å². The van der Waals surface area contributed by atoms with Gasteiger partial charge in [0.2, 0.25) is 15.9 Å². The molecule has 0 aliphatic carbocycles. The Bertz CT molecular complexity index is 703. The number of hydrogen-bond acceptors (Lipinski definition) is 4. The van der Waals surface area contributed by atoms with Crippen molar-refractivity contribution in [1.82, 2.24) is 9.62 Å². The van der Waals surface area contributed by atoms with Crippen LogP contribution in [0.2, 0.25) is 0 Å². The number of primary amides is 1. The van der Waals surface area contributed by atoms with Crippen molar-refractivity contribution < 1.29 is 13.2 Å². The van der Waals surface area contributed by atoms with Crippen molar-refractivity contribution in [3.63, 3.8) is 0 Å². The standard InChI is InChI=1S/C19H31N3O3S/c1-19(2,3)15-6-8-17(9-7-15)26(24,25)22(14-4-5-18(20)23)16-10-12-21-13-11-16/h6-9,16,21H,4-5,10-14H2,1-3H3,(H2,20,23). The molecule has 3 N–H and O–H groups in total. The zero-order valence-corrected chi connectivity index (χ0v) is 16.8. The van der Waals surface area contributed by atoms with Gasteiger partial charge >= 0.3 is 0 Å². The van der Waals surface area contributed by atoms with Crippen LogP contribution in [-0.4, -0.2) is 44.3 Å². The van der Waals surface area contributed by atoms with E-state index in [0.29, 0.717) is 17.9 Å². The lowest BCUT2D eigenvalue weighted by Gasteiger charge is -2.34. The van der Waals surface area contributed by atoms with Crippen LogP contribution in [-0.2, 0) is 20.2 Å². The van der Waals surface area contributed by atoms with E-state index in [4.69, 9.17) is 5.73 Å². The van der Waals surface area contributed by atoms with Crippen molar-refractivity contribution in [3.8, 4) is 0 Å². The summed E-state index contributed by atoms with van der Waals surface area (Å²) in [5, 5.41) is 3.26. The lowest BCUT2D eigenvalue weighted by atomic mass is 9.87. The third kappa shape index (κ3) is 5.28. The van der Waals surface area contributed by atoms with Crippen LogP contribution in [0.15, 0.2) is 29.2 Å². The molecule has 0 atom stereocenters. The Morgan fingerprint density at radius 2 is 1.77 bits per heavy atom. The van der Waals surface area contributed by atoms with Gasteiger partial charge in [0.1, 0.15) is 0 Å². The molecule has 1 aliphatic heterocycles. The summed E-state index contributed by atoms with van der Waals surface area (Å²) in [6.07, 6.45) is 2.18. The number of piperidine rings is 1. The molecule has 1 saturated heterocycles. The second kappa shape index (κ2) is 8.50. The van der Waals surface area contributed by atoms with E-state index in [2.05, 4.69) is 26.1 Å². The fraction of sp³-hybridized carbons (Fsp3) is 0.632. The summed E-state index contributed by atoms with van der Waals surface area (Å²) in [5.74, 6) is -0.401. The summed E-state index contributed by atoms with van der Waals surface area (Å²) >= 11 is 0. The van der Waals surface area contributed by atoms with Gasteiger partial charge in [-0.05, 0) is 55.5 Å². The molecule has 0 spiro atoms. The third-order valence-electron chi connectivity index (χ3n) is 4.84. The molecule has 1 fully saturated rings. The van der Waals surface area contributed by atoms with Crippen molar-refractivity contribution in [2.24, 2.45) is 5.73 Å². The van der Waals surface area contributed by atoms with Crippen LogP contribution in [0.25, 0.3) is 0 Å². The van der Waals surface area contributed by atoms with E-state index in [1.807, 2.05) is 12.1 Å². The van der Waals surface area contributed by atoms with Gasteiger partial charge in [-0.1, -0.05) is 32.9 Å². The first-order chi connectivity index (χ1) is 12.1. The summed E-state index contributed by atoms with van der Waals surface area (Å²) in [4.78, 5) is 11.4. The topological polar surface area (TPSA) is 92.5 Å². The van der Waals surface area contributed by atoms with Crippen molar-refractivity contribution >= 4 is 15.9 Å². The fourth-order valence-electron chi connectivity index (χ4n) is 3.27. The van der Waals surface area contributed by atoms with Crippen LogP contribution >= 0.6 is 0 Å². The van der Waals surface area contributed by atoms with E-state index in [1.165, 1.54) is 0 Å². The lowest BCUT2D eigenvalue weighted by Crippen LogP contribution is -2.46. The Morgan fingerprint density at radius 1 is 1.19 bits per heavy atom. The van der Waals surface area contributed by atoms with Gasteiger partial charge in [0.25, 0.3) is 0 Å². The fourth-order valence-corrected chi connectivity index (χ4v) is 4.99. The van der Waals surface area contributed by atoms with E-state index in [0.717, 1.165) is 31.5 Å². The molecular formula is C19H31N3O3S. The molecule has 2 rings (SSSR count). The summed E-state index contributed by atoms with van der Waals surface area (Å²) in [5.41, 5.74) is 6.28. The third-order valence-corrected chi connectivity index (χ3v) is 6.81. The molecule has 0 radical (unpaired) electrons. The normalized spacial score (nSPS) is 16.8. The Kier molecular flexibility index (Phi) is 6.82. The predicted molar refractivity (Wildman–Crippen MR) is 103 cm³/mol. The van der Waals surface area contributed by atoms with E-state index in [-0.39, 0.29) is 17.9 Å². The lowest BCUT2D eigenvalue weighted by molar-refractivity contribution is -0.118. The smallest absolute Gasteiger partial charge is 0.243 e. The van der Waals surface area contributed by atoms with Gasteiger partial charge in [-0.25, -0.2) is 8.42 Å². The van der Waals surface area contributed by atoms with Crippen molar-refractivity contribution in [2.75, 3.05) is 19.6 Å². The summed E-state index contributed by atoms with van der Waals surface area (Å²) < 4.78 is 28.1. The summed E-state index contributed by atoms with van der Waals surface area (Å²) in [6.45, 7) is 8.22. The number of carbonyl (C=O) groups excluding carboxylic acids is 1. The quantitative estimate of drug-likeness (QED) is 0.755. The second-order valence-corrected chi connectivity index (χ2v) is 9.83. The number of nitrogens with zero attached hydrogens (tertiary/aromatic N) is 1. The highest BCUT2D eigenvalue weighted by Crippen LogP contribution is 2.27. The van der Waals surface area contributed by atoms with Gasteiger partial charge in [0, 0.05) is 19.0 Å². The minimum atomic E-state index is -3.61. The van der Waals surface area contributed by atoms with Crippen LogP contribution in [0.3, 0.4) is 0 Å². The van der Waals surface area contributed by atoms with Gasteiger partial charge in [-0.3, -0.25) is 4.79 Å². The van der Waals surface area contributed by atoms with Crippen molar-refractivity contribution in [2.45, 2.75) is 62.8 Å². The Labute approximate surface area is 157 Å². The van der Waals surface area contributed by atoms with E-state index in [1.54, 1.807) is 16.4 Å². The molecule has 1 aromatic carbocycles. The molecule has 1 heterocycles. The van der Waals surface area contributed by atoms with Crippen molar-refractivity contribution in [1.29, 1.82) is 0 Å². The van der Waals surface area contributed by atoms with E-state index >= 15 is 0 Å². The maximum atomic E-state index is 13.3. The van der Waals surface area contributed by atoms with Crippen LogP contribution in [0.5, 0.6) is 0 Å². The highest BCUT2D eigenvalue weighted by Gasteiger charge is 2.32. The Balaban J connectivity index is 2.26. The maximum Gasteiger partial charge on any atom is 0.243 e. The van der Waals surface area contributed by atoms with Gasteiger partial charge in [-0.15, -0.1) is 0 Å². The molecule has 146 valence electrons. The zero-order valence-electron chi connectivity index (χ0n) is 16.0. The first-order valence-corrected chi connectivity index (χ1v) is 10.7. The summed E-state index contributed by atoms with van der Waals surface area (Å²) in [7, 11) is -3.61. The monoisotopic (exact) mass is 381 g/mol. The molecule has 6 nitrogen and oxygen atoms in total. The molecule has 0 saturated carbocycles. The number of nitrogens with two attached hydrogens (primary N) is 1. The van der Waals surface area contributed by atoms with Crippen LogP contribution in [0, 0.1) is 0 Å². The van der Waals surface area contributed by atoms with Gasteiger partial charge in [-0.2, -0.15) is 4.31 Å². The van der Waals surface area contributed by atoms with Crippen LogP contribution < -0.4 is 11.1 Å². The zero-order chi connectivity index (χ0) is 19.4. The average molecular weight is 382 g/mol. The first kappa shape index (κ1) is 20.9. The van der Waals surface area contributed by atoms with E-state index < -0.39 is 15.9 Å². The molecule has 26 heavy (non-hydrogen) atoms. The number of benzene rings is 1. The highest BCUT2D eigenvalue weighted by atomic mass is 32.2. The predicted octanol–water partition coefficient (Wildman–Crippen LogP) is 1.99. The van der Waals surface area contributed by atoms with Gasteiger partial charge in [0.05, 0.1) is 4.90 Å². The molecule has 7 heteroatoms. The maximum absolute atomic E-state index is 13.3. The van der Waals surface area contributed by atoms with Gasteiger partial charge < -0.3 is 11.1 Å². The number of rotatable bonds is 7. The first-order valence-electron chi connectivity index (χ1n) is 9.24. The number of hydrogen-bond donors (Lipinski definition) is 2. The molecule has 1 aliphatic rings. The Hall–Kier alpha value is -1.44. The number of sulfonamides is 1. The molecular weight excluding hydrogens is 350 g/mol. The largest absolute Gasteiger partial charge is 0.370 e. The average Bonchev–Trinajstić information content (AvgIpc) is 2.58. The number of amides is 1. The molecule has 1 aromatic rings. The molecule has 1 amide bonds. The molecule has 0 unspecified atom stereocenters. The molecule has 0 bridgehead atoms. The minimum absolute atomic E-state index is 0.0293. The van der Waals surface area contributed by atoms with Crippen LogP contribution in [0.1, 0.15) is 52.0 Å². The minimum Gasteiger partial charge on any atom is -0.370 e. The van der Waals surface area contributed by atoms with E-state index in [9.17, 15) is 13.2 Å². The summed E-state index contributed by atoms with van der Waals surface area (Å²) in [6, 6.07) is 7.11. The SMILES string of the molecule is CC(C)(C)c1ccc(S(=O)(=O)N(CCCC(N)=O)C2CCNCC2)cc1. The highest BCUT2D eigenvalue weighted by molar-refractivity contribution is 7.89. The Morgan fingerprint density at radius 3 is 2.27 bits per heavy atom. The number of carbonyl (C=O) groups is 1.